The first kappa shape index (κ1) is 22.9. The van der Waals surface area contributed by atoms with Crippen LogP contribution in [0.4, 0.5) is 0 Å². The molecule has 2 aromatic carbocycles. The van der Waals surface area contributed by atoms with Gasteiger partial charge in [-0.15, -0.1) is 0 Å². The molecule has 0 fully saturated rings. The third-order valence-electron chi connectivity index (χ3n) is 4.39. The highest BCUT2D eigenvalue weighted by Gasteiger charge is 2.17. The minimum absolute atomic E-state index is 0.0986. The van der Waals surface area contributed by atoms with Crippen molar-refractivity contribution in [3.63, 3.8) is 0 Å². The van der Waals surface area contributed by atoms with Crippen LogP contribution in [0, 0.1) is 0 Å². The van der Waals surface area contributed by atoms with Crippen molar-refractivity contribution in [2.24, 2.45) is 0 Å². The molecule has 158 valence electrons. The largest absolute Gasteiger partial charge is 0.383 e. The van der Waals surface area contributed by atoms with Crippen molar-refractivity contribution in [1.29, 1.82) is 0 Å². The number of methoxy groups -OCH3 is 1. The van der Waals surface area contributed by atoms with E-state index in [4.69, 9.17) is 8.92 Å². The van der Waals surface area contributed by atoms with E-state index in [1.165, 1.54) is 5.56 Å². The fourth-order valence-corrected chi connectivity index (χ4v) is 3.38. The molecule has 0 saturated carbocycles. The molecule has 0 aliphatic carbocycles. The van der Waals surface area contributed by atoms with Crippen LogP contribution in [0.3, 0.4) is 0 Å². The maximum Gasteiger partial charge on any atom is 0.306 e. The van der Waals surface area contributed by atoms with Crippen molar-refractivity contribution in [2.75, 3.05) is 26.5 Å². The normalized spacial score (nSPS) is 11.3. The molecule has 0 aromatic heterocycles. The van der Waals surface area contributed by atoms with Gasteiger partial charge in [0.1, 0.15) is 5.75 Å². The summed E-state index contributed by atoms with van der Waals surface area (Å²) in [5, 5.41) is 0. The smallest absolute Gasteiger partial charge is 0.306 e. The molecule has 6 nitrogen and oxygen atoms in total. The summed E-state index contributed by atoms with van der Waals surface area (Å²) in [6, 6.07) is 14.4. The Labute approximate surface area is 173 Å². The van der Waals surface area contributed by atoms with Crippen LogP contribution in [0.15, 0.2) is 48.5 Å². The molecule has 1 amide bonds. The number of amides is 1. The van der Waals surface area contributed by atoms with Crippen LogP contribution >= 0.6 is 0 Å². The number of hydrogen-bond acceptors (Lipinski definition) is 5. The highest BCUT2D eigenvalue weighted by atomic mass is 32.2. The third kappa shape index (κ3) is 7.87. The van der Waals surface area contributed by atoms with E-state index < -0.39 is 10.1 Å². The van der Waals surface area contributed by atoms with E-state index >= 15 is 0 Å². The second kappa shape index (κ2) is 11.0. The van der Waals surface area contributed by atoms with Gasteiger partial charge in [0.15, 0.2) is 0 Å². The monoisotopic (exact) mass is 419 g/mol. The molecular weight excluding hydrogens is 390 g/mol. The van der Waals surface area contributed by atoms with Gasteiger partial charge in [0.25, 0.3) is 5.91 Å². The first-order valence-corrected chi connectivity index (χ1v) is 11.5. The van der Waals surface area contributed by atoms with Crippen molar-refractivity contribution < 1.29 is 22.1 Å². The Hall–Kier alpha value is -2.38. The van der Waals surface area contributed by atoms with Gasteiger partial charge in [-0.25, -0.2) is 0 Å². The zero-order chi connectivity index (χ0) is 21.3. The fourth-order valence-electron chi connectivity index (χ4n) is 2.92. The maximum atomic E-state index is 13.0. The summed E-state index contributed by atoms with van der Waals surface area (Å²) in [6.07, 6.45) is 4.26. The minimum atomic E-state index is -3.61. The van der Waals surface area contributed by atoms with E-state index in [1.54, 1.807) is 30.2 Å². The summed E-state index contributed by atoms with van der Waals surface area (Å²) in [6.45, 7) is 3.30. The molecule has 29 heavy (non-hydrogen) atoms. The van der Waals surface area contributed by atoms with E-state index in [0.717, 1.165) is 31.1 Å². The van der Waals surface area contributed by atoms with E-state index in [9.17, 15) is 13.2 Å². The number of hydrogen-bond donors (Lipinski definition) is 0. The highest BCUT2D eigenvalue weighted by Crippen LogP contribution is 2.18. The molecule has 0 bridgehead atoms. The Bertz CT molecular complexity index is 894. The zero-order valence-corrected chi connectivity index (χ0v) is 18.1. The summed E-state index contributed by atoms with van der Waals surface area (Å²) in [5.74, 6) is 0.128. The number of rotatable bonds is 11. The maximum absolute atomic E-state index is 13.0. The lowest BCUT2D eigenvalue weighted by atomic mass is 10.1. The minimum Gasteiger partial charge on any atom is -0.383 e. The molecule has 0 atom stereocenters. The van der Waals surface area contributed by atoms with Crippen LogP contribution in [0.5, 0.6) is 5.75 Å². The molecule has 2 aromatic rings. The number of unbranched alkanes of at least 4 members (excludes halogenated alkanes) is 1. The van der Waals surface area contributed by atoms with E-state index in [1.807, 2.05) is 30.3 Å². The summed E-state index contributed by atoms with van der Waals surface area (Å²) in [5.41, 5.74) is 2.61. The molecule has 7 heteroatoms. The Morgan fingerprint density at radius 2 is 1.79 bits per heavy atom. The number of ether oxygens (including phenoxy) is 1. The topological polar surface area (TPSA) is 72.9 Å². The van der Waals surface area contributed by atoms with Gasteiger partial charge in [0.05, 0.1) is 12.9 Å². The molecule has 0 radical (unpaired) electrons. The quantitative estimate of drug-likeness (QED) is 0.520. The van der Waals surface area contributed by atoms with Gasteiger partial charge < -0.3 is 13.8 Å². The number of carbonyl (C=O) groups is 1. The number of aryl methyl sites for hydroxylation is 1. The van der Waals surface area contributed by atoms with Gasteiger partial charge in [0.2, 0.25) is 0 Å². The molecule has 0 N–H and O–H groups in total. The molecule has 0 saturated heterocycles. The lowest BCUT2D eigenvalue weighted by Crippen LogP contribution is -2.33. The van der Waals surface area contributed by atoms with Crippen LogP contribution in [0.25, 0.3) is 0 Å². The van der Waals surface area contributed by atoms with Crippen LogP contribution in [0.1, 0.15) is 41.3 Å². The number of benzene rings is 2. The molecule has 0 heterocycles. The lowest BCUT2D eigenvalue weighted by Gasteiger charge is -2.23. The van der Waals surface area contributed by atoms with Crippen molar-refractivity contribution in [1.82, 2.24) is 4.90 Å². The fraction of sp³-hybridized carbons (Fsp3) is 0.409. The predicted molar refractivity (Wildman–Crippen MR) is 114 cm³/mol. The Morgan fingerprint density at radius 3 is 2.41 bits per heavy atom. The van der Waals surface area contributed by atoms with Crippen LogP contribution in [0.2, 0.25) is 0 Å². The van der Waals surface area contributed by atoms with Crippen molar-refractivity contribution in [2.45, 2.75) is 32.7 Å². The molecule has 0 aliphatic heterocycles. The van der Waals surface area contributed by atoms with Crippen LogP contribution in [-0.4, -0.2) is 45.7 Å². The SMILES string of the molecule is CCCCc1ccc(C(=O)N(CCOC)Cc2cccc(OS(C)(=O)=O)c2)cc1. The number of carbonyl (C=O) groups excluding carboxylic acids is 1. The molecule has 0 aliphatic rings. The Balaban J connectivity index is 2.16. The van der Waals surface area contributed by atoms with Gasteiger partial charge in [-0.05, 0) is 48.2 Å². The van der Waals surface area contributed by atoms with E-state index in [-0.39, 0.29) is 11.7 Å². The summed E-state index contributed by atoms with van der Waals surface area (Å²) >= 11 is 0. The lowest BCUT2D eigenvalue weighted by molar-refractivity contribution is 0.0680. The summed E-state index contributed by atoms with van der Waals surface area (Å²) in [4.78, 5) is 14.7. The predicted octanol–water partition coefficient (Wildman–Crippen LogP) is 3.66. The summed E-state index contributed by atoms with van der Waals surface area (Å²) in [7, 11) is -2.02. The van der Waals surface area contributed by atoms with Crippen molar-refractivity contribution in [3.8, 4) is 5.75 Å². The van der Waals surface area contributed by atoms with E-state index in [0.29, 0.717) is 25.3 Å². The average Bonchev–Trinajstić information content (AvgIpc) is 2.68. The molecule has 0 spiro atoms. The average molecular weight is 420 g/mol. The molecule has 2 rings (SSSR count). The van der Waals surface area contributed by atoms with Gasteiger partial charge in [-0.2, -0.15) is 8.42 Å². The van der Waals surface area contributed by atoms with Gasteiger partial charge >= 0.3 is 10.1 Å². The molecule has 0 unspecified atom stereocenters. The molecular formula is C22H29NO5S. The summed E-state index contributed by atoms with van der Waals surface area (Å²) < 4.78 is 32.8. The Kier molecular flexibility index (Phi) is 8.67. The third-order valence-corrected chi connectivity index (χ3v) is 4.89. The second-order valence-electron chi connectivity index (χ2n) is 6.95. The number of nitrogens with zero attached hydrogens (tertiary/aromatic N) is 1. The first-order chi connectivity index (χ1) is 13.8. The highest BCUT2D eigenvalue weighted by molar-refractivity contribution is 7.86. The second-order valence-corrected chi connectivity index (χ2v) is 8.53. The van der Waals surface area contributed by atoms with Gasteiger partial charge in [0, 0.05) is 25.8 Å². The van der Waals surface area contributed by atoms with Crippen LogP contribution < -0.4 is 4.18 Å². The van der Waals surface area contributed by atoms with Crippen molar-refractivity contribution >= 4 is 16.0 Å². The first-order valence-electron chi connectivity index (χ1n) is 9.68. The van der Waals surface area contributed by atoms with Gasteiger partial charge in [-0.1, -0.05) is 37.6 Å². The van der Waals surface area contributed by atoms with Crippen LogP contribution in [-0.2, 0) is 27.8 Å². The standard InChI is InChI=1S/C22H29NO5S/c1-4-5-7-18-10-12-20(13-11-18)22(24)23(14-15-27-2)17-19-8-6-9-21(16-19)28-29(3,25)26/h6,8-13,16H,4-5,7,14-15,17H2,1-3H3. The zero-order valence-electron chi connectivity index (χ0n) is 17.3. The van der Waals surface area contributed by atoms with Crippen molar-refractivity contribution in [3.05, 3.63) is 65.2 Å². The van der Waals surface area contributed by atoms with E-state index in [2.05, 4.69) is 6.92 Å². The van der Waals surface area contributed by atoms with Gasteiger partial charge in [-0.3, -0.25) is 4.79 Å². The Morgan fingerprint density at radius 1 is 1.07 bits per heavy atom.